The summed E-state index contributed by atoms with van der Waals surface area (Å²) in [5.41, 5.74) is -0.439. The van der Waals surface area contributed by atoms with Gasteiger partial charge in [0, 0.05) is 12.1 Å². The molecule has 1 heterocycles. The number of carbonyl (C=O) groups excluding carboxylic acids is 1. The molecule has 0 bridgehead atoms. The lowest BCUT2D eigenvalue weighted by atomic mass is 9.96. The molecule has 1 aliphatic rings. The quantitative estimate of drug-likeness (QED) is 0.766. The Morgan fingerprint density at radius 2 is 1.88 bits per heavy atom. The molecule has 0 unspecified atom stereocenters. The molecule has 1 rings (SSSR count). The van der Waals surface area contributed by atoms with Crippen LogP contribution in [0, 0.1) is 0 Å². The Morgan fingerprint density at radius 1 is 1.24 bits per heavy atom. The predicted octanol–water partition coefficient (Wildman–Crippen LogP) is 2.56. The second-order valence-electron chi connectivity index (χ2n) is 6.28. The second-order valence-corrected chi connectivity index (χ2v) is 6.28. The van der Waals surface area contributed by atoms with Crippen molar-refractivity contribution in [3.05, 3.63) is 0 Å². The van der Waals surface area contributed by atoms with Crippen LogP contribution in [-0.4, -0.2) is 35.0 Å². The van der Waals surface area contributed by atoms with Crippen molar-refractivity contribution in [3.63, 3.8) is 0 Å². The van der Waals surface area contributed by atoms with Crippen molar-refractivity contribution >= 4 is 5.91 Å². The van der Waals surface area contributed by atoms with Crippen molar-refractivity contribution in [2.24, 2.45) is 0 Å². The molecule has 3 heteroatoms. The first-order valence-electron chi connectivity index (χ1n) is 6.88. The van der Waals surface area contributed by atoms with Gasteiger partial charge in [0.15, 0.2) is 0 Å². The molecule has 3 nitrogen and oxygen atoms in total. The van der Waals surface area contributed by atoms with E-state index in [0.717, 1.165) is 25.9 Å². The Morgan fingerprint density at radius 3 is 2.47 bits per heavy atom. The van der Waals surface area contributed by atoms with Gasteiger partial charge in [-0.1, -0.05) is 19.8 Å². The Kier molecular flexibility index (Phi) is 4.59. The molecule has 0 radical (unpaired) electrons. The van der Waals surface area contributed by atoms with E-state index in [9.17, 15) is 4.79 Å². The molecular weight excluding hydrogens is 212 g/mol. The Balaban J connectivity index is 2.80. The minimum absolute atomic E-state index is 0.0222. The molecule has 0 aromatic rings. The van der Waals surface area contributed by atoms with Gasteiger partial charge in [-0.3, -0.25) is 4.79 Å². The summed E-state index contributed by atoms with van der Waals surface area (Å²) in [7, 11) is 0. The lowest BCUT2D eigenvalue weighted by molar-refractivity contribution is -0.141. The number of hydrogen-bond acceptors (Lipinski definition) is 2. The van der Waals surface area contributed by atoms with Crippen LogP contribution in [0.4, 0.5) is 0 Å². The Bertz CT molecular complexity index is 271. The molecule has 0 aromatic heterocycles. The van der Waals surface area contributed by atoms with E-state index in [-0.39, 0.29) is 11.4 Å². The lowest BCUT2D eigenvalue weighted by Gasteiger charge is -2.39. The van der Waals surface area contributed by atoms with Crippen molar-refractivity contribution in [2.75, 3.05) is 13.1 Å². The summed E-state index contributed by atoms with van der Waals surface area (Å²) >= 11 is 0. The van der Waals surface area contributed by atoms with E-state index in [4.69, 9.17) is 0 Å². The molecule has 0 aromatic carbocycles. The molecule has 17 heavy (non-hydrogen) atoms. The summed E-state index contributed by atoms with van der Waals surface area (Å²) in [5, 5.41) is 3.36. The van der Waals surface area contributed by atoms with Gasteiger partial charge in [0.2, 0.25) is 5.91 Å². The molecule has 1 saturated heterocycles. The van der Waals surface area contributed by atoms with Gasteiger partial charge in [-0.15, -0.1) is 0 Å². The van der Waals surface area contributed by atoms with Gasteiger partial charge in [-0.25, -0.2) is 0 Å². The number of unbranched alkanes of at least 4 members (excludes halogenated alkanes) is 2. The standard InChI is InChI=1S/C14H28N2O/c1-6-7-8-11-16-12(17)14(4,5)15-10-9-13(16,2)3/h15H,6-11H2,1-5H3. The largest absolute Gasteiger partial charge is 0.336 e. The van der Waals surface area contributed by atoms with Crippen LogP contribution in [0.2, 0.25) is 0 Å². The van der Waals surface area contributed by atoms with Crippen LogP contribution in [0.1, 0.15) is 60.3 Å². The minimum atomic E-state index is -0.417. The fourth-order valence-electron chi connectivity index (χ4n) is 2.43. The fraction of sp³-hybridized carbons (Fsp3) is 0.929. The molecule has 1 aliphatic heterocycles. The number of nitrogens with one attached hydrogen (secondary N) is 1. The second kappa shape index (κ2) is 5.38. The highest BCUT2D eigenvalue weighted by atomic mass is 16.2. The van der Waals surface area contributed by atoms with Gasteiger partial charge in [-0.05, 0) is 47.1 Å². The number of amides is 1. The highest BCUT2D eigenvalue weighted by Gasteiger charge is 2.41. The summed E-state index contributed by atoms with van der Waals surface area (Å²) < 4.78 is 0. The van der Waals surface area contributed by atoms with E-state index in [1.165, 1.54) is 12.8 Å². The van der Waals surface area contributed by atoms with Gasteiger partial charge in [-0.2, -0.15) is 0 Å². The number of rotatable bonds is 4. The van der Waals surface area contributed by atoms with Crippen molar-refractivity contribution in [2.45, 2.75) is 71.4 Å². The van der Waals surface area contributed by atoms with Gasteiger partial charge < -0.3 is 10.2 Å². The molecule has 100 valence electrons. The zero-order valence-corrected chi connectivity index (χ0v) is 12.1. The normalized spacial score (nSPS) is 23.6. The highest BCUT2D eigenvalue weighted by Crippen LogP contribution is 2.26. The average molecular weight is 240 g/mol. The van der Waals surface area contributed by atoms with Gasteiger partial charge >= 0.3 is 0 Å². The van der Waals surface area contributed by atoms with E-state index >= 15 is 0 Å². The SMILES string of the molecule is CCCCCN1C(=O)C(C)(C)NCCC1(C)C. The Hall–Kier alpha value is -0.570. The van der Waals surface area contributed by atoms with Crippen molar-refractivity contribution in [1.29, 1.82) is 0 Å². The first-order valence-corrected chi connectivity index (χ1v) is 6.88. The molecule has 0 aliphatic carbocycles. The Labute approximate surface area is 106 Å². The van der Waals surface area contributed by atoms with Gasteiger partial charge in [0.05, 0.1) is 5.54 Å². The summed E-state index contributed by atoms with van der Waals surface area (Å²) in [5.74, 6) is 0.246. The summed E-state index contributed by atoms with van der Waals surface area (Å²) in [6.07, 6.45) is 4.54. The third-order valence-electron chi connectivity index (χ3n) is 3.80. The third-order valence-corrected chi connectivity index (χ3v) is 3.80. The average Bonchev–Trinajstić information content (AvgIpc) is 2.28. The number of nitrogens with zero attached hydrogens (tertiary/aromatic N) is 1. The van der Waals surface area contributed by atoms with E-state index in [0.29, 0.717) is 0 Å². The topological polar surface area (TPSA) is 32.3 Å². The highest BCUT2D eigenvalue weighted by molar-refractivity contribution is 5.86. The maximum absolute atomic E-state index is 12.5. The van der Waals surface area contributed by atoms with E-state index in [2.05, 4.69) is 31.0 Å². The molecule has 0 saturated carbocycles. The van der Waals surface area contributed by atoms with E-state index in [1.807, 2.05) is 13.8 Å². The maximum Gasteiger partial charge on any atom is 0.242 e. The first-order chi connectivity index (χ1) is 7.81. The van der Waals surface area contributed by atoms with Crippen molar-refractivity contribution < 1.29 is 4.79 Å². The monoisotopic (exact) mass is 240 g/mol. The van der Waals surface area contributed by atoms with E-state index < -0.39 is 5.54 Å². The van der Waals surface area contributed by atoms with Crippen LogP contribution >= 0.6 is 0 Å². The van der Waals surface area contributed by atoms with Crippen molar-refractivity contribution in [1.82, 2.24) is 10.2 Å². The lowest BCUT2D eigenvalue weighted by Crippen LogP contribution is -2.55. The molecule has 1 N–H and O–H groups in total. The molecule has 0 spiro atoms. The first kappa shape index (κ1) is 14.5. The molecular formula is C14H28N2O. The van der Waals surface area contributed by atoms with Crippen LogP contribution in [-0.2, 0) is 4.79 Å². The van der Waals surface area contributed by atoms with E-state index in [1.54, 1.807) is 0 Å². The predicted molar refractivity (Wildman–Crippen MR) is 72.0 cm³/mol. The zero-order chi connectivity index (χ0) is 13.1. The van der Waals surface area contributed by atoms with Crippen LogP contribution in [0.3, 0.4) is 0 Å². The molecule has 1 fully saturated rings. The van der Waals surface area contributed by atoms with Gasteiger partial charge in [0.25, 0.3) is 0 Å². The zero-order valence-electron chi connectivity index (χ0n) is 12.1. The minimum Gasteiger partial charge on any atom is -0.336 e. The van der Waals surface area contributed by atoms with Crippen LogP contribution in [0.15, 0.2) is 0 Å². The van der Waals surface area contributed by atoms with Crippen molar-refractivity contribution in [3.8, 4) is 0 Å². The number of carbonyl (C=O) groups is 1. The molecule has 0 atom stereocenters. The fourth-order valence-corrected chi connectivity index (χ4v) is 2.43. The number of hydrogen-bond donors (Lipinski definition) is 1. The maximum atomic E-state index is 12.5. The van der Waals surface area contributed by atoms with Crippen LogP contribution in [0.25, 0.3) is 0 Å². The molecule has 1 amide bonds. The summed E-state index contributed by atoms with van der Waals surface area (Å²) in [6, 6.07) is 0. The van der Waals surface area contributed by atoms with Crippen LogP contribution < -0.4 is 5.32 Å². The van der Waals surface area contributed by atoms with Gasteiger partial charge in [0.1, 0.15) is 0 Å². The third kappa shape index (κ3) is 3.44. The summed E-state index contributed by atoms with van der Waals surface area (Å²) in [4.78, 5) is 14.6. The smallest absolute Gasteiger partial charge is 0.242 e. The summed E-state index contributed by atoms with van der Waals surface area (Å²) in [6.45, 7) is 12.3. The van der Waals surface area contributed by atoms with Crippen LogP contribution in [0.5, 0.6) is 0 Å².